The number of hydrogen-bond acceptors (Lipinski definition) is 4. The van der Waals surface area contributed by atoms with Gasteiger partial charge in [0.25, 0.3) is 0 Å². The number of nitrogens with one attached hydrogen (secondary N) is 1. The summed E-state index contributed by atoms with van der Waals surface area (Å²) in [5, 5.41) is 12.5. The predicted octanol–water partition coefficient (Wildman–Crippen LogP) is 3.26. The van der Waals surface area contributed by atoms with Crippen LogP contribution >= 0.6 is 11.6 Å². The lowest BCUT2D eigenvalue weighted by Crippen LogP contribution is -2.39. The molecular formula is C16H17ClN2O2S. The van der Waals surface area contributed by atoms with E-state index in [4.69, 9.17) is 18.0 Å². The van der Waals surface area contributed by atoms with Crippen LogP contribution in [0.25, 0.3) is 0 Å². The Labute approximate surface area is 136 Å². The second-order valence-corrected chi connectivity index (χ2v) is 7.01. The third-order valence-electron chi connectivity index (χ3n) is 3.49. The maximum absolute atomic E-state index is 12.4. The van der Waals surface area contributed by atoms with Crippen molar-refractivity contribution in [2.24, 2.45) is 0 Å². The lowest BCUT2D eigenvalue weighted by molar-refractivity contribution is 0.442. The highest BCUT2D eigenvalue weighted by atomic mass is 35.5. The van der Waals surface area contributed by atoms with Gasteiger partial charge in [-0.25, -0.2) is 8.42 Å². The van der Waals surface area contributed by atoms with Crippen molar-refractivity contribution >= 4 is 21.4 Å². The second kappa shape index (κ2) is 7.35. The number of rotatable bonds is 6. The smallest absolute Gasteiger partial charge is 0.218 e. The van der Waals surface area contributed by atoms with Gasteiger partial charge >= 0.3 is 0 Å². The zero-order valence-corrected chi connectivity index (χ0v) is 14.0. The quantitative estimate of drug-likeness (QED) is 0.639. The molecule has 4 nitrogen and oxygen atoms in total. The Morgan fingerprint density at radius 2 is 1.91 bits per heavy atom. The molecule has 0 bridgehead atoms. The van der Waals surface area contributed by atoms with Crippen LogP contribution in [-0.4, -0.2) is 14.0 Å². The van der Waals surface area contributed by atoms with Crippen molar-refractivity contribution < 1.29 is 8.42 Å². The second-order valence-electron chi connectivity index (χ2n) is 4.66. The SMILES string of the molecule is C#CC(CC)(CC)N/C=C(\C#N)S(=O)(=O)c1ccc(Cl)cc1. The van der Waals surface area contributed by atoms with Gasteiger partial charge < -0.3 is 5.32 Å². The first-order valence-electron chi connectivity index (χ1n) is 6.71. The molecule has 1 rings (SSSR count). The topological polar surface area (TPSA) is 70.0 Å². The largest absolute Gasteiger partial charge is 0.373 e. The molecule has 0 aliphatic carbocycles. The van der Waals surface area contributed by atoms with Crippen molar-refractivity contribution in [3.63, 3.8) is 0 Å². The Bertz CT molecular complexity index is 734. The van der Waals surface area contributed by atoms with E-state index in [1.165, 1.54) is 30.5 Å². The molecule has 1 N–H and O–H groups in total. The van der Waals surface area contributed by atoms with Crippen LogP contribution in [0.1, 0.15) is 26.7 Å². The summed E-state index contributed by atoms with van der Waals surface area (Å²) in [5.41, 5.74) is -0.669. The standard InChI is InChI=1S/C16H17ClN2O2S/c1-4-16(5-2,6-3)19-12-15(11-18)22(20,21)14-9-7-13(17)8-10-14/h1,7-10,12,19H,5-6H2,2-3H3/b15-12+. The summed E-state index contributed by atoms with van der Waals surface area (Å²) in [5.74, 6) is 2.62. The first kappa shape index (κ1) is 18.1. The van der Waals surface area contributed by atoms with Crippen LogP contribution in [0.15, 0.2) is 40.3 Å². The lowest BCUT2D eigenvalue weighted by atomic mass is 9.94. The summed E-state index contributed by atoms with van der Waals surface area (Å²) < 4.78 is 24.9. The normalized spacial score (nSPS) is 12.3. The highest BCUT2D eigenvalue weighted by molar-refractivity contribution is 7.95. The summed E-state index contributed by atoms with van der Waals surface area (Å²) in [7, 11) is -3.90. The van der Waals surface area contributed by atoms with Crippen LogP contribution in [0, 0.1) is 23.7 Å². The molecule has 116 valence electrons. The number of halogens is 1. The maximum atomic E-state index is 12.4. The monoisotopic (exact) mass is 336 g/mol. The van der Waals surface area contributed by atoms with E-state index < -0.39 is 20.3 Å². The molecule has 0 aliphatic heterocycles. The van der Waals surface area contributed by atoms with E-state index >= 15 is 0 Å². The van der Waals surface area contributed by atoms with Gasteiger partial charge in [-0.15, -0.1) is 6.42 Å². The number of allylic oxidation sites excluding steroid dienone is 1. The van der Waals surface area contributed by atoms with E-state index in [-0.39, 0.29) is 4.90 Å². The fourth-order valence-electron chi connectivity index (χ4n) is 1.81. The summed E-state index contributed by atoms with van der Waals surface area (Å²) in [6, 6.07) is 7.34. The summed E-state index contributed by atoms with van der Waals surface area (Å²) >= 11 is 5.74. The van der Waals surface area contributed by atoms with Crippen molar-refractivity contribution in [2.75, 3.05) is 0 Å². The molecule has 6 heteroatoms. The number of benzene rings is 1. The number of nitrogens with zero attached hydrogens (tertiary/aromatic N) is 1. The molecule has 0 unspecified atom stereocenters. The minimum atomic E-state index is -3.90. The average Bonchev–Trinajstić information content (AvgIpc) is 2.52. The van der Waals surface area contributed by atoms with Crippen molar-refractivity contribution in [1.29, 1.82) is 5.26 Å². The fraction of sp³-hybridized carbons (Fsp3) is 0.312. The molecule has 1 aromatic carbocycles. The molecule has 0 saturated carbocycles. The van der Waals surface area contributed by atoms with Gasteiger partial charge in [-0.3, -0.25) is 0 Å². The van der Waals surface area contributed by atoms with Crippen LogP contribution in [-0.2, 0) is 9.84 Å². The molecule has 0 atom stereocenters. The highest BCUT2D eigenvalue weighted by Crippen LogP contribution is 2.21. The average molecular weight is 337 g/mol. The van der Waals surface area contributed by atoms with Crippen LogP contribution in [0.5, 0.6) is 0 Å². The van der Waals surface area contributed by atoms with Crippen LogP contribution in [0.4, 0.5) is 0 Å². The summed E-state index contributed by atoms with van der Waals surface area (Å²) in [6.45, 7) is 3.79. The number of hydrogen-bond donors (Lipinski definition) is 1. The van der Waals surface area contributed by atoms with Gasteiger partial charge in [0.1, 0.15) is 6.07 Å². The third kappa shape index (κ3) is 3.82. The Hall–Kier alpha value is -1.95. The van der Waals surface area contributed by atoms with Crippen molar-refractivity contribution in [1.82, 2.24) is 5.32 Å². The molecular weight excluding hydrogens is 320 g/mol. The molecule has 0 heterocycles. The molecule has 0 fully saturated rings. The highest BCUT2D eigenvalue weighted by Gasteiger charge is 2.25. The number of sulfone groups is 1. The molecule has 0 amide bonds. The first-order valence-corrected chi connectivity index (χ1v) is 8.57. The van der Waals surface area contributed by atoms with Crippen LogP contribution in [0.3, 0.4) is 0 Å². The molecule has 0 spiro atoms. The fourth-order valence-corrected chi connectivity index (χ4v) is 3.02. The van der Waals surface area contributed by atoms with Crippen molar-refractivity contribution in [2.45, 2.75) is 37.1 Å². The Balaban J connectivity index is 3.21. The van der Waals surface area contributed by atoms with E-state index in [9.17, 15) is 13.7 Å². The van der Waals surface area contributed by atoms with E-state index in [1.54, 1.807) is 6.07 Å². The van der Waals surface area contributed by atoms with Gasteiger partial charge in [0.05, 0.1) is 10.4 Å². The van der Waals surface area contributed by atoms with Crippen molar-refractivity contribution in [3.05, 3.63) is 40.4 Å². The lowest BCUT2D eigenvalue weighted by Gasteiger charge is -2.26. The third-order valence-corrected chi connectivity index (χ3v) is 5.42. The van der Waals surface area contributed by atoms with Gasteiger partial charge in [0.2, 0.25) is 9.84 Å². The number of nitriles is 1. The zero-order valence-electron chi connectivity index (χ0n) is 12.4. The Morgan fingerprint density at radius 3 is 2.32 bits per heavy atom. The van der Waals surface area contributed by atoms with Crippen molar-refractivity contribution in [3.8, 4) is 18.4 Å². The number of terminal acetylenes is 1. The van der Waals surface area contributed by atoms with Gasteiger partial charge in [-0.1, -0.05) is 31.4 Å². The van der Waals surface area contributed by atoms with E-state index in [0.717, 1.165) is 0 Å². The first-order chi connectivity index (χ1) is 10.3. The van der Waals surface area contributed by atoms with Gasteiger partial charge in [0, 0.05) is 11.2 Å². The van der Waals surface area contributed by atoms with E-state index in [2.05, 4.69) is 11.2 Å². The van der Waals surface area contributed by atoms with Gasteiger partial charge in [-0.05, 0) is 37.1 Å². The Morgan fingerprint density at radius 1 is 1.36 bits per heavy atom. The molecule has 22 heavy (non-hydrogen) atoms. The maximum Gasteiger partial charge on any atom is 0.218 e. The summed E-state index contributed by atoms with van der Waals surface area (Å²) in [6.07, 6.45) is 7.90. The van der Waals surface area contributed by atoms with Gasteiger partial charge in [-0.2, -0.15) is 5.26 Å². The molecule has 1 aromatic rings. The van der Waals surface area contributed by atoms with Crippen LogP contribution < -0.4 is 5.32 Å². The molecule has 0 aromatic heterocycles. The molecule has 0 radical (unpaired) electrons. The molecule has 0 aliphatic rings. The Kier molecular flexibility index (Phi) is 6.05. The van der Waals surface area contributed by atoms with E-state index in [0.29, 0.717) is 17.9 Å². The zero-order chi connectivity index (χ0) is 16.8. The predicted molar refractivity (Wildman–Crippen MR) is 87.6 cm³/mol. The van der Waals surface area contributed by atoms with Crippen LogP contribution in [0.2, 0.25) is 5.02 Å². The minimum absolute atomic E-state index is 0.00537. The van der Waals surface area contributed by atoms with Gasteiger partial charge in [0.15, 0.2) is 4.91 Å². The minimum Gasteiger partial charge on any atom is -0.373 e. The molecule has 0 saturated heterocycles. The summed E-state index contributed by atoms with van der Waals surface area (Å²) in [4.78, 5) is -0.387. The van der Waals surface area contributed by atoms with E-state index in [1.807, 2.05) is 13.8 Å².